The Morgan fingerprint density at radius 1 is 0.821 bits per heavy atom. The van der Waals surface area contributed by atoms with Gasteiger partial charge in [-0.1, -0.05) is 36.4 Å². The number of phenols is 3. The average molecular weight is 854 g/mol. The molecule has 0 spiro atoms. The minimum atomic E-state index is -3.99. The Bertz CT molecular complexity index is 2580. The molecule has 0 saturated heterocycles. The van der Waals surface area contributed by atoms with Gasteiger partial charge in [-0.2, -0.15) is 5.10 Å². The van der Waals surface area contributed by atoms with Crippen LogP contribution >= 0.6 is 0 Å². The van der Waals surface area contributed by atoms with Gasteiger partial charge in [-0.25, -0.2) is 27.0 Å². The Morgan fingerprint density at radius 3 is 2.07 bits per heavy atom. The monoisotopic (exact) mass is 853 g/mol. The number of non-ortho nitro benzene ring substituents is 1. The molecule has 19 nitrogen and oxygen atoms in total. The van der Waals surface area contributed by atoms with Crippen molar-refractivity contribution < 1.29 is 93.9 Å². The Labute approximate surface area is 352 Å². The Hall–Kier alpha value is -5.44. The van der Waals surface area contributed by atoms with Crippen LogP contribution in [0.3, 0.4) is 0 Å². The summed E-state index contributed by atoms with van der Waals surface area (Å²) in [7, 11) is -7.60. The fraction of sp³-hybridized carbons (Fsp3) is 0.0606. The first-order chi connectivity index (χ1) is 25.3. The van der Waals surface area contributed by atoms with Crippen molar-refractivity contribution in [1.82, 2.24) is 0 Å². The topological polar surface area (TPSA) is 309 Å². The maximum atomic E-state index is 11.7. The van der Waals surface area contributed by atoms with Gasteiger partial charge in [-0.3, -0.25) is 25.1 Å². The summed E-state index contributed by atoms with van der Waals surface area (Å²) in [6.07, 6.45) is 0.983. The summed E-state index contributed by atoms with van der Waals surface area (Å²) in [5, 5.41) is 68.1. The number of fused-ring (bicyclic) bond motifs is 1. The molecule has 0 heterocycles. The van der Waals surface area contributed by atoms with Crippen LogP contribution in [0.5, 0.6) is 17.2 Å². The number of anilines is 2. The smallest absolute Gasteiger partial charge is 0.506 e. The fourth-order valence-corrected chi connectivity index (χ4v) is 5.52. The number of carbonyl (C=O) groups excluding carboxylic acids is 1. The molecular weight excluding hydrogens is 824 g/mol. The number of hydrogen-bond acceptors (Lipinski definition) is 15. The standard InChI is InChI=1S/C17H14N4O6S.C16H16N4O5S.Cr.Na/c1-28(26,27)20-12-4-2-3-10-5-7-15(23)17(16(10)12)19-18-13-9-11(21(24)25)6-8-14(13)22;1-10(21)15(16(23)18-11-5-3-2-4-6-11)20-19-13-9-12(26(17,24)25)7-8-14(13)22;;/h2-9,20,22-23H,1H3;2-9,19,22H,1H3,(H,18,23)(H2,17,24,25);;/q;;;+1/b;20-15+;;. The SMILES string of the molecule is CC(=O)/C(=N\Nc1cc(S(N)(=O)=O)ccc1O)C(O)=Nc1ccccc1.CS(=O)(=O)Nc1cccc2ccc(O)c(N=Nc3cc([N+](=O)[O-])ccc3O)c12.[Cr].[Na+]. The summed E-state index contributed by atoms with van der Waals surface area (Å²) in [5.74, 6) is -2.20. The molecule has 0 aliphatic rings. The van der Waals surface area contributed by atoms with Crippen molar-refractivity contribution in [2.24, 2.45) is 25.5 Å². The number of aliphatic imine (C=N–C) groups is 1. The zero-order valence-corrected chi connectivity index (χ0v) is 34.3. The number of Topliss-reactive ketones (excluding diaryl/α,β-unsaturated/α-hetero) is 1. The normalized spacial score (nSPS) is 11.8. The van der Waals surface area contributed by atoms with Gasteiger partial charge in [-0.05, 0) is 53.9 Å². The van der Waals surface area contributed by atoms with Crippen LogP contribution in [-0.4, -0.2) is 65.8 Å². The van der Waals surface area contributed by atoms with Gasteiger partial charge in [-0.15, -0.1) is 10.2 Å². The number of rotatable bonds is 11. The third-order valence-corrected chi connectivity index (χ3v) is 8.34. The Kier molecular flexibility index (Phi) is 16.6. The number of nitro groups is 1. The van der Waals surface area contributed by atoms with Crippen molar-refractivity contribution in [3.8, 4) is 17.2 Å². The summed E-state index contributed by atoms with van der Waals surface area (Å²) in [4.78, 5) is 25.6. The second-order valence-corrected chi connectivity index (χ2v) is 14.3. The number of ketones is 1. The van der Waals surface area contributed by atoms with Gasteiger partial charge in [0.1, 0.15) is 28.6 Å². The van der Waals surface area contributed by atoms with Crippen LogP contribution in [-0.2, 0) is 42.2 Å². The van der Waals surface area contributed by atoms with E-state index in [9.17, 15) is 52.2 Å². The van der Waals surface area contributed by atoms with E-state index < -0.39 is 42.4 Å². The molecule has 23 heteroatoms. The summed E-state index contributed by atoms with van der Waals surface area (Å²) >= 11 is 0. The van der Waals surface area contributed by atoms with Gasteiger partial charge in [0.25, 0.3) is 5.69 Å². The molecule has 5 aromatic rings. The van der Waals surface area contributed by atoms with Crippen molar-refractivity contribution in [1.29, 1.82) is 0 Å². The number of phenolic OH excluding ortho intramolecular Hbond substituents is 3. The molecule has 56 heavy (non-hydrogen) atoms. The maximum Gasteiger partial charge on any atom is 1.00 e. The first kappa shape index (κ1) is 46.7. The quantitative estimate of drug-likeness (QED) is 0.0192. The molecule has 8 N–H and O–H groups in total. The predicted octanol–water partition coefficient (Wildman–Crippen LogP) is 2.63. The number of para-hydroxylation sites is 1. The number of nitro benzene ring substituents is 1. The van der Waals surface area contributed by atoms with Gasteiger partial charge in [0.2, 0.25) is 25.9 Å². The minimum Gasteiger partial charge on any atom is -0.506 e. The number of aliphatic hydroxyl groups is 1. The molecule has 0 fully saturated rings. The van der Waals surface area contributed by atoms with Crippen molar-refractivity contribution in [2.75, 3.05) is 16.4 Å². The van der Waals surface area contributed by atoms with Crippen LogP contribution in [0.1, 0.15) is 6.92 Å². The van der Waals surface area contributed by atoms with E-state index in [0.717, 1.165) is 49.6 Å². The molecule has 0 aromatic heterocycles. The van der Waals surface area contributed by atoms with E-state index in [2.05, 4.69) is 30.5 Å². The third-order valence-electron chi connectivity index (χ3n) is 6.84. The molecular formula is C33H30CrN8NaO11S2+. The zero-order chi connectivity index (χ0) is 39.8. The number of benzene rings is 5. The van der Waals surface area contributed by atoms with Crippen molar-refractivity contribution in [2.45, 2.75) is 11.8 Å². The second kappa shape index (κ2) is 19.9. The minimum absolute atomic E-state index is 0. The predicted molar refractivity (Wildman–Crippen MR) is 200 cm³/mol. The zero-order valence-electron chi connectivity index (χ0n) is 29.4. The van der Waals surface area contributed by atoms with E-state index >= 15 is 0 Å². The Morgan fingerprint density at radius 2 is 1.46 bits per heavy atom. The first-order valence-corrected chi connectivity index (χ1v) is 18.4. The van der Waals surface area contributed by atoms with Crippen molar-refractivity contribution >= 4 is 82.3 Å². The number of azo groups is 1. The van der Waals surface area contributed by atoms with E-state index in [4.69, 9.17) is 5.14 Å². The fourth-order valence-electron chi connectivity index (χ4n) is 4.41. The summed E-state index contributed by atoms with van der Waals surface area (Å²) < 4.78 is 48.4. The van der Waals surface area contributed by atoms with Gasteiger partial charge in [0.05, 0.1) is 33.1 Å². The van der Waals surface area contributed by atoms with E-state index in [0.29, 0.717) is 11.1 Å². The number of carbonyl (C=O) groups is 1. The number of hydrogen-bond donors (Lipinski definition) is 7. The Balaban J connectivity index is 0.000000375. The number of nitrogens with one attached hydrogen (secondary N) is 2. The van der Waals surface area contributed by atoms with Crippen LogP contribution in [0.2, 0.25) is 0 Å². The average Bonchev–Trinajstić information content (AvgIpc) is 3.09. The third kappa shape index (κ3) is 12.8. The summed E-state index contributed by atoms with van der Waals surface area (Å²) in [5.41, 5.74) is 1.84. The van der Waals surface area contributed by atoms with Gasteiger partial charge in [0, 0.05) is 41.8 Å². The van der Waals surface area contributed by atoms with E-state index in [1.54, 1.807) is 48.5 Å². The molecule has 286 valence electrons. The van der Waals surface area contributed by atoms with E-state index in [1.165, 1.54) is 12.1 Å². The number of hydrazone groups is 1. The van der Waals surface area contributed by atoms with Gasteiger partial charge in [0.15, 0.2) is 11.5 Å². The molecule has 0 aliphatic heterocycles. The van der Waals surface area contributed by atoms with Crippen molar-refractivity contribution in [3.63, 3.8) is 0 Å². The number of sulfonamides is 2. The molecule has 0 aliphatic carbocycles. The molecule has 0 radical (unpaired) electrons. The number of aliphatic hydroxyl groups excluding tert-OH is 1. The number of primary sulfonamides is 1. The largest absolute Gasteiger partial charge is 1.00 e. The molecule has 5 aromatic carbocycles. The molecule has 0 amide bonds. The van der Waals surface area contributed by atoms with Crippen LogP contribution in [0.15, 0.2) is 122 Å². The molecule has 0 atom stereocenters. The summed E-state index contributed by atoms with van der Waals surface area (Å²) in [6.45, 7) is 1.16. The van der Waals surface area contributed by atoms with Crippen LogP contribution in [0.25, 0.3) is 10.8 Å². The van der Waals surface area contributed by atoms with Gasteiger partial charge < -0.3 is 20.4 Å². The van der Waals surface area contributed by atoms with Crippen LogP contribution in [0, 0.1) is 10.1 Å². The molecule has 0 saturated carbocycles. The first-order valence-electron chi connectivity index (χ1n) is 15.0. The van der Waals surface area contributed by atoms with E-state index in [-0.39, 0.29) is 103 Å². The van der Waals surface area contributed by atoms with Gasteiger partial charge >= 0.3 is 29.6 Å². The van der Waals surface area contributed by atoms with Crippen molar-refractivity contribution in [3.05, 3.63) is 107 Å². The van der Waals surface area contributed by atoms with E-state index in [1.807, 2.05) is 0 Å². The van der Waals surface area contributed by atoms with Crippen LogP contribution in [0.4, 0.5) is 34.1 Å². The molecule has 0 bridgehead atoms. The molecule has 0 unspecified atom stereocenters. The molecule has 5 rings (SSSR count). The number of nitrogens with two attached hydrogens (primary N) is 1. The number of aromatic hydroxyl groups is 3. The van der Waals surface area contributed by atoms with Crippen LogP contribution < -0.4 is 44.8 Å². The number of nitrogens with zero attached hydrogens (tertiary/aromatic N) is 5. The summed E-state index contributed by atoms with van der Waals surface area (Å²) in [6, 6.07) is 22.6. The maximum absolute atomic E-state index is 11.7. The second-order valence-electron chi connectivity index (χ2n) is 11.0.